The minimum atomic E-state index is -0.455. The predicted octanol–water partition coefficient (Wildman–Crippen LogP) is 0.436. The molecule has 6 heteroatoms. The number of thiazole rings is 1. The summed E-state index contributed by atoms with van der Waals surface area (Å²) in [4.78, 5) is 21.4. The summed E-state index contributed by atoms with van der Waals surface area (Å²) in [5, 5.41) is 11.0. The molecule has 1 saturated heterocycles. The summed E-state index contributed by atoms with van der Waals surface area (Å²) in [6.45, 7) is 4.92. The first-order valence-corrected chi connectivity index (χ1v) is 7.25. The summed E-state index contributed by atoms with van der Waals surface area (Å²) in [7, 11) is 3.86. The molecule has 1 aromatic rings. The zero-order chi connectivity index (χ0) is 14.2. The number of hydrogen-bond acceptors (Lipinski definition) is 5. The Hall–Kier alpha value is -0.980. The third-order valence-corrected chi connectivity index (χ3v) is 4.66. The van der Waals surface area contributed by atoms with Crippen LogP contribution in [0, 0.1) is 13.8 Å². The number of rotatable bonds is 3. The van der Waals surface area contributed by atoms with Crippen molar-refractivity contribution in [1.82, 2.24) is 14.8 Å². The van der Waals surface area contributed by atoms with Gasteiger partial charge in [-0.1, -0.05) is 0 Å². The Balaban J connectivity index is 2.00. The molecule has 106 valence electrons. The second kappa shape index (κ2) is 5.56. The van der Waals surface area contributed by atoms with Crippen LogP contribution in [0.2, 0.25) is 0 Å². The topological polar surface area (TPSA) is 56.7 Å². The van der Waals surface area contributed by atoms with Gasteiger partial charge in [0.25, 0.3) is 0 Å². The van der Waals surface area contributed by atoms with E-state index in [9.17, 15) is 9.90 Å². The maximum Gasteiger partial charge on any atom is 0.228 e. The van der Waals surface area contributed by atoms with Crippen molar-refractivity contribution in [2.75, 3.05) is 27.2 Å². The maximum atomic E-state index is 12.3. The molecule has 1 aromatic heterocycles. The average Bonchev–Trinajstić information content (AvgIpc) is 2.83. The summed E-state index contributed by atoms with van der Waals surface area (Å²) in [6, 6.07) is 0.0354. The number of aromatic nitrogens is 1. The van der Waals surface area contributed by atoms with Gasteiger partial charge in [0.2, 0.25) is 5.91 Å². The van der Waals surface area contributed by atoms with E-state index in [-0.39, 0.29) is 11.9 Å². The van der Waals surface area contributed by atoms with Crippen LogP contribution in [0.4, 0.5) is 0 Å². The highest BCUT2D eigenvalue weighted by Gasteiger charge is 2.35. The molecule has 0 spiro atoms. The lowest BCUT2D eigenvalue weighted by Gasteiger charge is -2.21. The lowest BCUT2D eigenvalue weighted by atomic mass is 10.2. The molecule has 1 N–H and O–H groups in total. The molecular weight excluding hydrogens is 262 g/mol. The van der Waals surface area contributed by atoms with Crippen molar-refractivity contribution < 1.29 is 9.90 Å². The van der Waals surface area contributed by atoms with Gasteiger partial charge in [0.05, 0.1) is 29.3 Å². The fraction of sp³-hybridized carbons (Fsp3) is 0.692. The number of aliphatic hydroxyl groups is 1. The van der Waals surface area contributed by atoms with Gasteiger partial charge in [-0.25, -0.2) is 4.98 Å². The minimum Gasteiger partial charge on any atom is -0.390 e. The third kappa shape index (κ3) is 3.13. The Kier molecular flexibility index (Phi) is 4.23. The van der Waals surface area contributed by atoms with Crippen molar-refractivity contribution in [2.45, 2.75) is 32.4 Å². The molecule has 0 bridgehead atoms. The number of amides is 1. The van der Waals surface area contributed by atoms with Crippen LogP contribution in [-0.4, -0.2) is 65.1 Å². The van der Waals surface area contributed by atoms with E-state index in [0.29, 0.717) is 19.5 Å². The number of β-amino-alcohol motifs (C(OH)–C–C–N with tert-alkyl or cyclic N) is 1. The molecule has 2 atom stereocenters. The Morgan fingerprint density at radius 3 is 2.63 bits per heavy atom. The van der Waals surface area contributed by atoms with Gasteiger partial charge in [0.15, 0.2) is 0 Å². The molecule has 0 aliphatic carbocycles. The number of hydrogen-bond donors (Lipinski definition) is 1. The van der Waals surface area contributed by atoms with Gasteiger partial charge in [-0.3, -0.25) is 4.79 Å². The normalized spacial score (nSPS) is 23.4. The molecule has 2 rings (SSSR count). The molecule has 0 unspecified atom stereocenters. The number of aryl methyl sites for hydroxylation is 2. The van der Waals surface area contributed by atoms with Crippen LogP contribution in [0.1, 0.15) is 15.6 Å². The number of nitrogens with zero attached hydrogens (tertiary/aromatic N) is 3. The highest BCUT2D eigenvalue weighted by atomic mass is 32.1. The molecular formula is C13H21N3O2S. The second-order valence-corrected chi connectivity index (χ2v) is 6.60. The van der Waals surface area contributed by atoms with Crippen LogP contribution in [0.25, 0.3) is 0 Å². The molecule has 1 fully saturated rings. The van der Waals surface area contributed by atoms with Gasteiger partial charge in [-0.05, 0) is 27.9 Å². The summed E-state index contributed by atoms with van der Waals surface area (Å²) in [6.07, 6.45) is -0.0623. The molecule has 0 radical (unpaired) electrons. The number of likely N-dealkylation sites (tertiary alicyclic amines) is 1. The van der Waals surface area contributed by atoms with E-state index in [1.54, 1.807) is 16.2 Å². The van der Waals surface area contributed by atoms with Crippen molar-refractivity contribution in [2.24, 2.45) is 0 Å². The Morgan fingerprint density at radius 1 is 1.47 bits per heavy atom. The second-order valence-electron chi connectivity index (χ2n) is 5.32. The van der Waals surface area contributed by atoms with Gasteiger partial charge in [-0.2, -0.15) is 0 Å². The predicted molar refractivity (Wildman–Crippen MR) is 75.4 cm³/mol. The summed E-state index contributed by atoms with van der Waals surface area (Å²) < 4.78 is 0. The van der Waals surface area contributed by atoms with Crippen molar-refractivity contribution in [3.05, 3.63) is 15.6 Å². The molecule has 1 aliphatic heterocycles. The minimum absolute atomic E-state index is 0.0354. The highest BCUT2D eigenvalue weighted by Crippen LogP contribution is 2.20. The Morgan fingerprint density at radius 2 is 2.16 bits per heavy atom. The van der Waals surface area contributed by atoms with Crippen molar-refractivity contribution >= 4 is 17.2 Å². The first-order valence-electron chi connectivity index (χ1n) is 6.43. The Labute approximate surface area is 117 Å². The molecule has 19 heavy (non-hydrogen) atoms. The lowest BCUT2D eigenvalue weighted by molar-refractivity contribution is -0.129. The van der Waals surface area contributed by atoms with Gasteiger partial charge in [0, 0.05) is 18.0 Å². The number of carbonyl (C=O) groups excluding carboxylic acids is 1. The van der Waals surface area contributed by atoms with Crippen LogP contribution in [0.15, 0.2) is 0 Å². The zero-order valence-corrected chi connectivity index (χ0v) is 12.7. The van der Waals surface area contributed by atoms with E-state index >= 15 is 0 Å². The molecule has 5 nitrogen and oxygen atoms in total. The standard InChI is InChI=1S/C13H21N3O2S/c1-8-12(19-9(2)14-8)5-13(18)16-6-10(15(3)4)11(17)7-16/h10-11,17H,5-7H2,1-4H3/t10-,11-/m1/s1. The third-order valence-electron chi connectivity index (χ3n) is 3.59. The zero-order valence-electron chi connectivity index (χ0n) is 11.9. The van der Waals surface area contributed by atoms with E-state index in [4.69, 9.17) is 0 Å². The van der Waals surface area contributed by atoms with Gasteiger partial charge in [-0.15, -0.1) is 11.3 Å². The van der Waals surface area contributed by atoms with Gasteiger partial charge in [0.1, 0.15) is 0 Å². The summed E-state index contributed by atoms with van der Waals surface area (Å²) in [5.74, 6) is 0.0788. The first kappa shape index (κ1) is 14.4. The van der Waals surface area contributed by atoms with Gasteiger partial charge < -0.3 is 14.9 Å². The fourth-order valence-corrected chi connectivity index (χ4v) is 3.40. The maximum absolute atomic E-state index is 12.3. The van der Waals surface area contributed by atoms with Crippen LogP contribution in [0.3, 0.4) is 0 Å². The van der Waals surface area contributed by atoms with E-state index in [1.807, 2.05) is 32.8 Å². The number of likely N-dealkylation sites (N-methyl/N-ethyl adjacent to an activating group) is 1. The van der Waals surface area contributed by atoms with Crippen molar-refractivity contribution in [1.29, 1.82) is 0 Å². The van der Waals surface area contributed by atoms with Crippen molar-refractivity contribution in [3.8, 4) is 0 Å². The van der Waals surface area contributed by atoms with E-state index in [2.05, 4.69) is 4.98 Å². The monoisotopic (exact) mass is 283 g/mol. The molecule has 2 heterocycles. The molecule has 0 saturated carbocycles. The first-order chi connectivity index (χ1) is 8.88. The largest absolute Gasteiger partial charge is 0.390 e. The quantitative estimate of drug-likeness (QED) is 0.874. The molecule has 1 aliphatic rings. The average molecular weight is 283 g/mol. The lowest BCUT2D eigenvalue weighted by Crippen LogP contribution is -2.38. The van der Waals surface area contributed by atoms with Crippen molar-refractivity contribution in [3.63, 3.8) is 0 Å². The Bertz CT molecular complexity index is 472. The van der Waals surface area contributed by atoms with E-state index in [0.717, 1.165) is 15.6 Å². The van der Waals surface area contributed by atoms with E-state index < -0.39 is 6.10 Å². The fourth-order valence-electron chi connectivity index (χ4n) is 2.47. The molecule has 1 amide bonds. The smallest absolute Gasteiger partial charge is 0.228 e. The van der Waals surface area contributed by atoms with Crippen LogP contribution in [0.5, 0.6) is 0 Å². The SMILES string of the molecule is Cc1nc(C)c(CC(=O)N2C[C@@H](O)[C@H](N(C)C)C2)s1. The van der Waals surface area contributed by atoms with Gasteiger partial charge >= 0.3 is 0 Å². The van der Waals surface area contributed by atoms with E-state index in [1.165, 1.54) is 0 Å². The highest BCUT2D eigenvalue weighted by molar-refractivity contribution is 7.11. The van der Waals surface area contributed by atoms with Crippen LogP contribution < -0.4 is 0 Å². The van der Waals surface area contributed by atoms with Crippen LogP contribution in [-0.2, 0) is 11.2 Å². The van der Waals surface area contributed by atoms with Crippen LogP contribution >= 0.6 is 11.3 Å². The number of aliphatic hydroxyl groups excluding tert-OH is 1. The number of carbonyl (C=O) groups is 1. The summed E-state index contributed by atoms with van der Waals surface area (Å²) >= 11 is 1.58. The molecule has 0 aromatic carbocycles. The summed E-state index contributed by atoms with van der Waals surface area (Å²) in [5.41, 5.74) is 0.944.